The highest BCUT2D eigenvalue weighted by molar-refractivity contribution is 6.13. The molecule has 0 saturated carbocycles. The SMILES string of the molecule is CCCN1N=CC(C(=O)OCC)C1=O. The lowest BCUT2D eigenvalue weighted by molar-refractivity contribution is -0.150. The van der Waals surface area contributed by atoms with E-state index in [9.17, 15) is 9.59 Å². The Morgan fingerprint density at radius 3 is 2.93 bits per heavy atom. The van der Waals surface area contributed by atoms with Crippen LogP contribution in [0.5, 0.6) is 0 Å². The van der Waals surface area contributed by atoms with Crippen molar-refractivity contribution in [1.82, 2.24) is 5.01 Å². The molecule has 1 amide bonds. The van der Waals surface area contributed by atoms with Gasteiger partial charge < -0.3 is 4.74 Å². The van der Waals surface area contributed by atoms with Crippen molar-refractivity contribution in [2.45, 2.75) is 20.3 Å². The first-order valence-corrected chi connectivity index (χ1v) is 4.72. The molecule has 1 rings (SSSR count). The van der Waals surface area contributed by atoms with Gasteiger partial charge in [0.15, 0.2) is 5.92 Å². The van der Waals surface area contributed by atoms with Gasteiger partial charge in [-0.15, -0.1) is 0 Å². The molecule has 5 nitrogen and oxygen atoms in total. The smallest absolute Gasteiger partial charge is 0.324 e. The standard InChI is InChI=1S/C9H14N2O3/c1-3-5-11-8(12)7(6-10-11)9(13)14-4-2/h6-7H,3-5H2,1-2H3. The number of ether oxygens (including phenoxy) is 1. The van der Waals surface area contributed by atoms with E-state index >= 15 is 0 Å². The van der Waals surface area contributed by atoms with Gasteiger partial charge >= 0.3 is 5.97 Å². The average Bonchev–Trinajstić information content (AvgIpc) is 2.49. The molecule has 0 radical (unpaired) electrons. The van der Waals surface area contributed by atoms with E-state index in [2.05, 4.69) is 5.10 Å². The van der Waals surface area contributed by atoms with Gasteiger partial charge in [0.2, 0.25) is 0 Å². The first-order valence-electron chi connectivity index (χ1n) is 4.72. The highest BCUT2D eigenvalue weighted by Gasteiger charge is 2.34. The zero-order valence-electron chi connectivity index (χ0n) is 8.40. The lowest BCUT2D eigenvalue weighted by Crippen LogP contribution is -2.32. The Kier molecular flexibility index (Phi) is 3.62. The molecule has 14 heavy (non-hydrogen) atoms. The molecular formula is C9H14N2O3. The summed E-state index contributed by atoms with van der Waals surface area (Å²) in [5.74, 6) is -1.63. The molecule has 1 heterocycles. The molecule has 1 aliphatic rings. The number of carbonyl (C=O) groups is 2. The number of esters is 1. The number of hydrogen-bond donors (Lipinski definition) is 0. The Labute approximate surface area is 82.7 Å². The summed E-state index contributed by atoms with van der Waals surface area (Å²) in [5, 5.41) is 5.16. The second kappa shape index (κ2) is 4.74. The third-order valence-electron chi connectivity index (χ3n) is 1.85. The first-order chi connectivity index (χ1) is 6.70. The maximum atomic E-state index is 11.5. The van der Waals surface area contributed by atoms with Gasteiger partial charge in [0.05, 0.1) is 6.61 Å². The van der Waals surface area contributed by atoms with Crippen molar-refractivity contribution in [3.63, 3.8) is 0 Å². The van der Waals surface area contributed by atoms with E-state index in [0.717, 1.165) is 6.42 Å². The van der Waals surface area contributed by atoms with Crippen molar-refractivity contribution < 1.29 is 14.3 Å². The summed E-state index contributed by atoms with van der Waals surface area (Å²) in [5.41, 5.74) is 0. The number of amides is 1. The zero-order chi connectivity index (χ0) is 10.6. The van der Waals surface area contributed by atoms with Crippen molar-refractivity contribution in [3.05, 3.63) is 0 Å². The summed E-state index contributed by atoms with van der Waals surface area (Å²) in [6.45, 7) is 4.48. The lowest BCUT2D eigenvalue weighted by atomic mass is 10.1. The third-order valence-corrected chi connectivity index (χ3v) is 1.85. The van der Waals surface area contributed by atoms with Gasteiger partial charge in [0.25, 0.3) is 5.91 Å². The fraction of sp³-hybridized carbons (Fsp3) is 0.667. The summed E-state index contributed by atoms with van der Waals surface area (Å²) in [4.78, 5) is 22.8. The molecule has 1 atom stereocenters. The van der Waals surface area contributed by atoms with Crippen LogP contribution in [0.1, 0.15) is 20.3 Å². The average molecular weight is 198 g/mol. The van der Waals surface area contributed by atoms with E-state index in [1.165, 1.54) is 11.2 Å². The molecule has 78 valence electrons. The van der Waals surface area contributed by atoms with Gasteiger partial charge in [-0.05, 0) is 13.3 Å². The quantitative estimate of drug-likeness (QED) is 0.485. The van der Waals surface area contributed by atoms with Crippen LogP contribution in [-0.2, 0) is 14.3 Å². The van der Waals surface area contributed by atoms with E-state index in [1.807, 2.05) is 6.92 Å². The van der Waals surface area contributed by atoms with E-state index < -0.39 is 11.9 Å². The predicted molar refractivity (Wildman–Crippen MR) is 50.6 cm³/mol. The van der Waals surface area contributed by atoms with Gasteiger partial charge in [-0.1, -0.05) is 6.92 Å². The third kappa shape index (κ3) is 2.10. The maximum Gasteiger partial charge on any atom is 0.324 e. The number of carbonyl (C=O) groups excluding carboxylic acids is 2. The monoisotopic (exact) mass is 198 g/mol. The molecular weight excluding hydrogens is 184 g/mol. The fourth-order valence-corrected chi connectivity index (χ4v) is 1.20. The Hall–Kier alpha value is -1.39. The number of rotatable bonds is 4. The molecule has 5 heteroatoms. The van der Waals surface area contributed by atoms with Gasteiger partial charge in [-0.2, -0.15) is 5.10 Å². The molecule has 0 bridgehead atoms. The molecule has 0 aliphatic carbocycles. The molecule has 0 aromatic rings. The van der Waals surface area contributed by atoms with E-state index in [4.69, 9.17) is 4.74 Å². The predicted octanol–water partition coefficient (Wildman–Crippen LogP) is 0.404. The summed E-state index contributed by atoms with van der Waals surface area (Å²) < 4.78 is 4.74. The summed E-state index contributed by atoms with van der Waals surface area (Å²) in [6.07, 6.45) is 2.16. The topological polar surface area (TPSA) is 59.0 Å². The summed E-state index contributed by atoms with van der Waals surface area (Å²) >= 11 is 0. The minimum Gasteiger partial charge on any atom is -0.465 e. The van der Waals surface area contributed by atoms with Crippen LogP contribution < -0.4 is 0 Å². The van der Waals surface area contributed by atoms with Gasteiger partial charge in [0.1, 0.15) is 0 Å². The number of hydrazone groups is 1. The van der Waals surface area contributed by atoms with Crippen LogP contribution in [0.4, 0.5) is 0 Å². The molecule has 0 aromatic heterocycles. The lowest BCUT2D eigenvalue weighted by Gasteiger charge is -2.11. The molecule has 0 N–H and O–H groups in total. The fourth-order valence-electron chi connectivity index (χ4n) is 1.20. The van der Waals surface area contributed by atoms with Crippen LogP contribution in [-0.4, -0.2) is 36.3 Å². The van der Waals surface area contributed by atoms with Gasteiger partial charge in [-0.3, -0.25) is 9.59 Å². The largest absolute Gasteiger partial charge is 0.465 e. The number of nitrogens with zero attached hydrogens (tertiary/aromatic N) is 2. The van der Waals surface area contributed by atoms with E-state index in [1.54, 1.807) is 6.92 Å². The highest BCUT2D eigenvalue weighted by Crippen LogP contribution is 2.11. The Bertz CT molecular complexity index is 263. The van der Waals surface area contributed by atoms with E-state index in [-0.39, 0.29) is 12.5 Å². The van der Waals surface area contributed by atoms with Crippen molar-refractivity contribution >= 4 is 18.1 Å². The molecule has 1 aliphatic heterocycles. The molecule has 0 saturated heterocycles. The van der Waals surface area contributed by atoms with E-state index in [0.29, 0.717) is 6.54 Å². The van der Waals surface area contributed by atoms with Crippen LogP contribution in [0.15, 0.2) is 5.10 Å². The molecule has 0 fully saturated rings. The second-order valence-electron chi connectivity index (χ2n) is 2.96. The first kappa shape index (κ1) is 10.7. The highest BCUT2D eigenvalue weighted by atomic mass is 16.5. The Morgan fingerprint density at radius 1 is 1.64 bits per heavy atom. The summed E-state index contributed by atoms with van der Waals surface area (Å²) in [6, 6.07) is 0. The maximum absolute atomic E-state index is 11.5. The molecule has 1 unspecified atom stereocenters. The normalized spacial score (nSPS) is 20.3. The van der Waals surface area contributed by atoms with Crippen molar-refractivity contribution in [3.8, 4) is 0 Å². The Morgan fingerprint density at radius 2 is 2.36 bits per heavy atom. The minimum absolute atomic E-state index is 0.282. The van der Waals surface area contributed by atoms with Crippen molar-refractivity contribution in [2.24, 2.45) is 11.0 Å². The summed E-state index contributed by atoms with van der Waals surface area (Å²) in [7, 11) is 0. The van der Waals surface area contributed by atoms with Crippen LogP contribution in [0.2, 0.25) is 0 Å². The zero-order valence-corrected chi connectivity index (χ0v) is 8.40. The van der Waals surface area contributed by atoms with Crippen LogP contribution in [0.25, 0.3) is 0 Å². The number of hydrogen-bond acceptors (Lipinski definition) is 4. The van der Waals surface area contributed by atoms with Crippen molar-refractivity contribution in [2.75, 3.05) is 13.2 Å². The minimum atomic E-state index is -0.832. The second-order valence-corrected chi connectivity index (χ2v) is 2.96. The van der Waals surface area contributed by atoms with Gasteiger partial charge in [0, 0.05) is 12.8 Å². The van der Waals surface area contributed by atoms with Crippen molar-refractivity contribution in [1.29, 1.82) is 0 Å². The van der Waals surface area contributed by atoms with Crippen LogP contribution >= 0.6 is 0 Å². The van der Waals surface area contributed by atoms with Crippen LogP contribution in [0, 0.1) is 5.92 Å². The Balaban J connectivity index is 2.56. The molecule has 0 aromatic carbocycles. The van der Waals surface area contributed by atoms with Crippen LogP contribution in [0.3, 0.4) is 0 Å². The van der Waals surface area contributed by atoms with Gasteiger partial charge in [-0.25, -0.2) is 5.01 Å². The molecule has 0 spiro atoms.